The Balaban J connectivity index is 2.93. The molecule has 0 saturated carbocycles. The Labute approximate surface area is 71.0 Å². The zero-order valence-electron chi connectivity index (χ0n) is 6.90. The predicted molar refractivity (Wildman–Crippen MR) is 48.7 cm³/mol. The van der Waals surface area contributed by atoms with Crippen LogP contribution in [0.15, 0.2) is 12.3 Å². The van der Waals surface area contributed by atoms with E-state index in [2.05, 4.69) is 10.2 Å². The third-order valence-electron chi connectivity index (χ3n) is 1.47. The summed E-state index contributed by atoms with van der Waals surface area (Å²) in [7, 11) is 1.97. The van der Waals surface area contributed by atoms with Crippen molar-refractivity contribution in [2.75, 3.05) is 17.6 Å². The van der Waals surface area contributed by atoms with Gasteiger partial charge < -0.3 is 4.31 Å². The number of hydrogen-bond donors (Lipinski definition) is 0. The van der Waals surface area contributed by atoms with E-state index in [1.54, 1.807) is 18.1 Å². The molecule has 0 atom stereocenters. The molecule has 0 bridgehead atoms. The molecule has 1 heterocycles. The fraction of sp³-hybridized carbons (Fsp3) is 0.429. The van der Waals surface area contributed by atoms with Crippen LogP contribution < -0.4 is 4.31 Å². The summed E-state index contributed by atoms with van der Waals surface area (Å²) in [4.78, 5) is 0. The summed E-state index contributed by atoms with van der Waals surface area (Å²) in [6, 6.07) is 1.95. The second-order valence-corrected chi connectivity index (χ2v) is 3.13. The molecule has 60 valence electrons. The topological polar surface area (TPSA) is 29.0 Å². The van der Waals surface area contributed by atoms with Crippen LogP contribution in [0.2, 0.25) is 0 Å². The minimum atomic E-state index is 0.931. The highest BCUT2D eigenvalue weighted by Crippen LogP contribution is 2.17. The SMILES string of the molecule is CSN(C)c1nnccc1C. The lowest BCUT2D eigenvalue weighted by molar-refractivity contribution is 0.996. The smallest absolute Gasteiger partial charge is 0.163 e. The first-order chi connectivity index (χ1) is 5.25. The van der Waals surface area contributed by atoms with Gasteiger partial charge in [0.05, 0.1) is 6.20 Å². The monoisotopic (exact) mass is 169 g/mol. The molecular formula is C7H11N3S. The molecule has 4 heteroatoms. The van der Waals surface area contributed by atoms with Crippen molar-refractivity contribution in [3.8, 4) is 0 Å². The molecule has 0 unspecified atom stereocenters. The van der Waals surface area contributed by atoms with Crippen LogP contribution in [0.5, 0.6) is 0 Å². The fourth-order valence-electron chi connectivity index (χ4n) is 0.784. The van der Waals surface area contributed by atoms with Crippen molar-refractivity contribution < 1.29 is 0 Å². The number of rotatable bonds is 2. The summed E-state index contributed by atoms with van der Waals surface area (Å²) < 4.78 is 1.99. The van der Waals surface area contributed by atoms with Crippen LogP contribution in [0.3, 0.4) is 0 Å². The molecule has 0 fully saturated rings. The van der Waals surface area contributed by atoms with Gasteiger partial charge in [-0.3, -0.25) is 0 Å². The summed E-state index contributed by atoms with van der Waals surface area (Å²) >= 11 is 1.62. The average Bonchev–Trinajstić information content (AvgIpc) is 2.04. The molecule has 0 amide bonds. The normalized spacial score (nSPS) is 9.73. The molecule has 1 aromatic heterocycles. The van der Waals surface area contributed by atoms with E-state index in [-0.39, 0.29) is 0 Å². The van der Waals surface area contributed by atoms with Gasteiger partial charge in [-0.2, -0.15) is 5.10 Å². The van der Waals surface area contributed by atoms with Crippen LogP contribution in [-0.2, 0) is 0 Å². The van der Waals surface area contributed by atoms with E-state index in [0.717, 1.165) is 11.4 Å². The first kappa shape index (κ1) is 8.33. The second-order valence-electron chi connectivity index (χ2n) is 2.22. The van der Waals surface area contributed by atoms with Gasteiger partial charge in [-0.05, 0) is 18.6 Å². The minimum absolute atomic E-state index is 0.931. The minimum Gasteiger partial charge on any atom is -0.302 e. The molecule has 0 spiro atoms. The lowest BCUT2D eigenvalue weighted by Gasteiger charge is -2.14. The van der Waals surface area contributed by atoms with Crippen LogP contribution in [0.4, 0.5) is 5.82 Å². The maximum absolute atomic E-state index is 4.00. The van der Waals surface area contributed by atoms with E-state index < -0.39 is 0 Å². The van der Waals surface area contributed by atoms with Crippen molar-refractivity contribution in [2.24, 2.45) is 0 Å². The molecule has 0 aliphatic heterocycles. The molecule has 0 aliphatic carbocycles. The summed E-state index contributed by atoms with van der Waals surface area (Å²) in [5, 5.41) is 7.81. The Hall–Kier alpha value is -0.770. The van der Waals surface area contributed by atoms with E-state index in [9.17, 15) is 0 Å². The molecule has 0 saturated heterocycles. The van der Waals surface area contributed by atoms with Gasteiger partial charge in [-0.25, -0.2) is 0 Å². The van der Waals surface area contributed by atoms with E-state index in [4.69, 9.17) is 0 Å². The Bertz CT molecular complexity index is 239. The summed E-state index contributed by atoms with van der Waals surface area (Å²) in [6.07, 6.45) is 3.71. The van der Waals surface area contributed by atoms with Crippen LogP contribution in [0.1, 0.15) is 5.56 Å². The van der Waals surface area contributed by atoms with Gasteiger partial charge in [0.1, 0.15) is 0 Å². The lowest BCUT2D eigenvalue weighted by Crippen LogP contribution is -2.09. The van der Waals surface area contributed by atoms with Gasteiger partial charge in [-0.15, -0.1) is 5.10 Å². The van der Waals surface area contributed by atoms with Gasteiger partial charge in [0.2, 0.25) is 0 Å². The Morgan fingerprint density at radius 1 is 1.55 bits per heavy atom. The van der Waals surface area contributed by atoms with Gasteiger partial charge in [0.25, 0.3) is 0 Å². The number of anilines is 1. The van der Waals surface area contributed by atoms with Crippen molar-refractivity contribution in [2.45, 2.75) is 6.92 Å². The van der Waals surface area contributed by atoms with Crippen molar-refractivity contribution in [3.63, 3.8) is 0 Å². The first-order valence-corrected chi connectivity index (χ1v) is 4.50. The lowest BCUT2D eigenvalue weighted by atomic mass is 10.3. The molecule has 0 aromatic carbocycles. The molecular weight excluding hydrogens is 158 g/mol. The molecule has 0 N–H and O–H groups in total. The van der Waals surface area contributed by atoms with Gasteiger partial charge >= 0.3 is 0 Å². The number of nitrogens with zero attached hydrogens (tertiary/aromatic N) is 3. The van der Waals surface area contributed by atoms with Gasteiger partial charge in [0, 0.05) is 13.3 Å². The first-order valence-electron chi connectivity index (χ1n) is 3.32. The summed E-state index contributed by atoms with van der Waals surface area (Å²) in [5.41, 5.74) is 1.15. The van der Waals surface area contributed by atoms with Crippen LogP contribution in [0.25, 0.3) is 0 Å². The highest BCUT2D eigenvalue weighted by molar-refractivity contribution is 7.99. The summed E-state index contributed by atoms with van der Waals surface area (Å²) in [6.45, 7) is 2.02. The Morgan fingerprint density at radius 3 is 2.82 bits per heavy atom. The number of hydrogen-bond acceptors (Lipinski definition) is 4. The van der Waals surface area contributed by atoms with E-state index in [0.29, 0.717) is 0 Å². The quantitative estimate of drug-likeness (QED) is 0.627. The van der Waals surface area contributed by atoms with Crippen molar-refractivity contribution in [3.05, 3.63) is 17.8 Å². The number of aryl methyl sites for hydroxylation is 1. The Morgan fingerprint density at radius 2 is 2.27 bits per heavy atom. The van der Waals surface area contributed by atoms with Crippen molar-refractivity contribution in [1.82, 2.24) is 10.2 Å². The molecule has 1 aromatic rings. The fourth-order valence-corrected chi connectivity index (χ4v) is 1.14. The zero-order valence-corrected chi connectivity index (χ0v) is 7.72. The molecule has 1 rings (SSSR count). The van der Waals surface area contributed by atoms with Gasteiger partial charge in [-0.1, -0.05) is 11.9 Å². The molecule has 11 heavy (non-hydrogen) atoms. The largest absolute Gasteiger partial charge is 0.302 e. The number of aromatic nitrogens is 2. The maximum atomic E-state index is 4.00. The van der Waals surface area contributed by atoms with E-state index in [1.165, 1.54) is 0 Å². The van der Waals surface area contributed by atoms with Crippen LogP contribution in [0, 0.1) is 6.92 Å². The average molecular weight is 169 g/mol. The predicted octanol–water partition coefficient (Wildman–Crippen LogP) is 1.50. The standard InChI is InChI=1S/C7H11N3S/c1-6-4-5-8-9-7(6)10(2)11-3/h4-5H,1-3H3. The highest BCUT2D eigenvalue weighted by atomic mass is 32.2. The van der Waals surface area contributed by atoms with Gasteiger partial charge in [0.15, 0.2) is 5.82 Å². The van der Waals surface area contributed by atoms with Crippen LogP contribution >= 0.6 is 11.9 Å². The maximum Gasteiger partial charge on any atom is 0.163 e. The second kappa shape index (κ2) is 3.57. The Kier molecular flexibility index (Phi) is 2.70. The van der Waals surface area contributed by atoms with Crippen molar-refractivity contribution >= 4 is 17.8 Å². The molecule has 0 aliphatic rings. The van der Waals surface area contributed by atoms with Crippen molar-refractivity contribution in [1.29, 1.82) is 0 Å². The highest BCUT2D eigenvalue weighted by Gasteiger charge is 2.03. The van der Waals surface area contributed by atoms with Crippen LogP contribution in [-0.4, -0.2) is 23.5 Å². The van der Waals surface area contributed by atoms with E-state index in [1.807, 2.05) is 30.6 Å². The molecule has 3 nitrogen and oxygen atoms in total. The zero-order chi connectivity index (χ0) is 8.27. The summed E-state index contributed by atoms with van der Waals surface area (Å²) in [5.74, 6) is 0.931. The van der Waals surface area contributed by atoms with E-state index >= 15 is 0 Å². The molecule has 0 radical (unpaired) electrons. The third-order valence-corrected chi connectivity index (χ3v) is 2.19. The third kappa shape index (κ3) is 1.83.